The lowest BCUT2D eigenvalue weighted by Gasteiger charge is -2.32. The average Bonchev–Trinajstić information content (AvgIpc) is 2.67. The molecule has 26 heavy (non-hydrogen) atoms. The van der Waals surface area contributed by atoms with Crippen LogP contribution >= 0.6 is 0 Å². The zero-order valence-electron chi connectivity index (χ0n) is 17.2. The number of ether oxygens (including phenoxy) is 1. The number of rotatable bonds is 5. The molecule has 146 valence electrons. The first-order valence-corrected chi connectivity index (χ1v) is 9.35. The van der Waals surface area contributed by atoms with Crippen molar-refractivity contribution in [2.45, 2.75) is 84.5 Å². The van der Waals surface area contributed by atoms with E-state index in [-0.39, 0.29) is 11.9 Å². The molecule has 1 saturated heterocycles. The van der Waals surface area contributed by atoms with Crippen molar-refractivity contribution in [2.24, 2.45) is 0 Å². The summed E-state index contributed by atoms with van der Waals surface area (Å²) in [5.74, 6) is -0.184. The maximum absolute atomic E-state index is 12.4. The predicted molar refractivity (Wildman–Crippen MR) is 100 cm³/mol. The number of amides is 1. The summed E-state index contributed by atoms with van der Waals surface area (Å²) < 4.78 is 17.3. The molecule has 2 heterocycles. The first-order chi connectivity index (χ1) is 11.8. The lowest BCUT2D eigenvalue weighted by atomic mass is 9.74. The summed E-state index contributed by atoms with van der Waals surface area (Å²) in [6.07, 6.45) is 3.22. The van der Waals surface area contributed by atoms with Crippen LogP contribution in [-0.2, 0) is 23.6 Å². The molecule has 0 bridgehead atoms. The van der Waals surface area contributed by atoms with Crippen molar-refractivity contribution in [1.29, 1.82) is 0 Å². The standard InChI is InChI=1S/C19H32BNO5/c1-17(2,3)24-16(23)9-8-11-21-12-10-14(13-15(21)22)20-25-18(4,5)19(6,7)26-20/h10H,8-9,11-13H2,1-7H3. The Kier molecular flexibility index (Phi) is 5.93. The Morgan fingerprint density at radius 2 is 1.81 bits per heavy atom. The zero-order valence-corrected chi connectivity index (χ0v) is 17.2. The highest BCUT2D eigenvalue weighted by atomic mass is 16.7. The molecule has 0 aromatic rings. The molecule has 0 unspecified atom stereocenters. The van der Waals surface area contributed by atoms with Gasteiger partial charge in [0, 0.05) is 25.9 Å². The second kappa shape index (κ2) is 7.35. The van der Waals surface area contributed by atoms with E-state index in [0.717, 1.165) is 5.47 Å². The SMILES string of the molecule is CC(C)(C)OC(=O)CCCN1CC=C(B2OC(C)(C)C(C)(C)O2)CC1=O. The van der Waals surface area contributed by atoms with E-state index in [4.69, 9.17) is 14.0 Å². The van der Waals surface area contributed by atoms with Gasteiger partial charge in [-0.15, -0.1) is 0 Å². The molecular weight excluding hydrogens is 333 g/mol. The maximum atomic E-state index is 12.4. The summed E-state index contributed by atoms with van der Waals surface area (Å²) in [5, 5.41) is 0. The molecule has 0 aliphatic carbocycles. The fourth-order valence-electron chi connectivity index (χ4n) is 2.88. The molecule has 7 heteroatoms. The van der Waals surface area contributed by atoms with Crippen LogP contribution in [0.5, 0.6) is 0 Å². The van der Waals surface area contributed by atoms with Crippen molar-refractivity contribution in [3.05, 3.63) is 11.5 Å². The lowest BCUT2D eigenvalue weighted by molar-refractivity contribution is -0.155. The third kappa shape index (κ3) is 5.10. The molecule has 1 amide bonds. The minimum Gasteiger partial charge on any atom is -0.460 e. The highest BCUT2D eigenvalue weighted by molar-refractivity contribution is 6.55. The molecule has 0 N–H and O–H groups in total. The van der Waals surface area contributed by atoms with Gasteiger partial charge in [0.15, 0.2) is 0 Å². The molecule has 0 atom stereocenters. The van der Waals surface area contributed by atoms with E-state index in [1.165, 1.54) is 0 Å². The van der Waals surface area contributed by atoms with Gasteiger partial charge >= 0.3 is 13.1 Å². The van der Waals surface area contributed by atoms with Gasteiger partial charge in [-0.3, -0.25) is 9.59 Å². The minimum atomic E-state index is -0.474. The molecule has 0 saturated carbocycles. The molecule has 6 nitrogen and oxygen atoms in total. The maximum Gasteiger partial charge on any atom is 0.490 e. The summed E-state index contributed by atoms with van der Waals surface area (Å²) in [7, 11) is -0.465. The quantitative estimate of drug-likeness (QED) is 0.554. The predicted octanol–water partition coefficient (Wildman–Crippen LogP) is 2.90. The third-order valence-corrected chi connectivity index (χ3v) is 5.07. The molecule has 2 aliphatic rings. The first-order valence-electron chi connectivity index (χ1n) is 9.35. The smallest absolute Gasteiger partial charge is 0.460 e. The van der Waals surface area contributed by atoms with E-state index in [9.17, 15) is 9.59 Å². The number of carbonyl (C=O) groups is 2. The fraction of sp³-hybridized carbons (Fsp3) is 0.789. The summed E-state index contributed by atoms with van der Waals surface area (Å²) in [6, 6.07) is 0. The van der Waals surface area contributed by atoms with Gasteiger partial charge in [0.05, 0.1) is 11.2 Å². The Bertz CT molecular complexity index is 575. The van der Waals surface area contributed by atoms with Crippen molar-refractivity contribution in [3.63, 3.8) is 0 Å². The van der Waals surface area contributed by atoms with E-state index in [2.05, 4.69) is 0 Å². The Morgan fingerprint density at radius 1 is 1.23 bits per heavy atom. The van der Waals surface area contributed by atoms with Crippen molar-refractivity contribution in [2.75, 3.05) is 13.1 Å². The van der Waals surface area contributed by atoms with E-state index in [0.29, 0.717) is 32.4 Å². The fourth-order valence-corrected chi connectivity index (χ4v) is 2.88. The third-order valence-electron chi connectivity index (χ3n) is 5.07. The molecule has 0 aromatic carbocycles. The van der Waals surface area contributed by atoms with Gasteiger partial charge in [0.25, 0.3) is 0 Å². The van der Waals surface area contributed by atoms with Crippen molar-refractivity contribution < 1.29 is 23.6 Å². The van der Waals surface area contributed by atoms with Crippen LogP contribution < -0.4 is 0 Å². The number of nitrogens with zero attached hydrogens (tertiary/aromatic N) is 1. The van der Waals surface area contributed by atoms with E-state index >= 15 is 0 Å². The van der Waals surface area contributed by atoms with Crippen LogP contribution in [0.1, 0.15) is 67.7 Å². The Morgan fingerprint density at radius 3 is 2.31 bits per heavy atom. The average molecular weight is 365 g/mol. The van der Waals surface area contributed by atoms with Crippen LogP contribution in [0.2, 0.25) is 0 Å². The second-order valence-corrected chi connectivity index (χ2v) is 9.07. The highest BCUT2D eigenvalue weighted by Crippen LogP contribution is 2.39. The van der Waals surface area contributed by atoms with Crippen molar-refractivity contribution >= 4 is 19.0 Å². The molecular formula is C19H32BNO5. The van der Waals surface area contributed by atoms with Crippen LogP contribution in [0.4, 0.5) is 0 Å². The molecule has 2 aliphatic heterocycles. The van der Waals surface area contributed by atoms with Crippen molar-refractivity contribution in [1.82, 2.24) is 4.90 Å². The summed E-state index contributed by atoms with van der Waals surface area (Å²) in [4.78, 5) is 26.0. The van der Waals surface area contributed by atoms with Crippen LogP contribution in [0, 0.1) is 0 Å². The van der Waals surface area contributed by atoms with Gasteiger partial charge in [-0.1, -0.05) is 6.08 Å². The van der Waals surface area contributed by atoms with Gasteiger partial charge < -0.3 is 18.9 Å². The highest BCUT2D eigenvalue weighted by Gasteiger charge is 2.52. The Hall–Kier alpha value is -1.34. The van der Waals surface area contributed by atoms with Crippen LogP contribution in [0.3, 0.4) is 0 Å². The van der Waals surface area contributed by atoms with E-state index in [1.807, 2.05) is 54.5 Å². The number of carbonyl (C=O) groups excluding carboxylic acids is 2. The van der Waals surface area contributed by atoms with Gasteiger partial charge in [0.1, 0.15) is 5.60 Å². The number of hydrogen-bond acceptors (Lipinski definition) is 5. The van der Waals surface area contributed by atoms with Crippen LogP contribution in [-0.4, -0.2) is 53.8 Å². The molecule has 2 rings (SSSR count). The van der Waals surface area contributed by atoms with Crippen LogP contribution in [0.15, 0.2) is 11.5 Å². The molecule has 0 radical (unpaired) electrons. The number of esters is 1. The lowest BCUT2D eigenvalue weighted by Crippen LogP contribution is -2.41. The number of hydrogen-bond donors (Lipinski definition) is 0. The van der Waals surface area contributed by atoms with Crippen molar-refractivity contribution in [3.8, 4) is 0 Å². The van der Waals surface area contributed by atoms with Gasteiger partial charge in [-0.25, -0.2) is 0 Å². The molecule has 1 fully saturated rings. The van der Waals surface area contributed by atoms with Gasteiger partial charge in [-0.2, -0.15) is 0 Å². The summed E-state index contributed by atoms with van der Waals surface area (Å²) in [5.41, 5.74) is -0.409. The Balaban J connectivity index is 1.84. The van der Waals surface area contributed by atoms with E-state index < -0.39 is 23.9 Å². The zero-order chi connectivity index (χ0) is 19.8. The molecule has 0 aromatic heterocycles. The summed E-state index contributed by atoms with van der Waals surface area (Å²) in [6.45, 7) is 14.6. The monoisotopic (exact) mass is 365 g/mol. The molecule has 0 spiro atoms. The normalized spacial score (nSPS) is 22.4. The van der Waals surface area contributed by atoms with Gasteiger partial charge in [-0.05, 0) is 60.4 Å². The minimum absolute atomic E-state index is 0.0430. The van der Waals surface area contributed by atoms with Gasteiger partial charge in [0.2, 0.25) is 5.91 Å². The topological polar surface area (TPSA) is 65.1 Å². The van der Waals surface area contributed by atoms with E-state index in [1.54, 1.807) is 4.90 Å². The Labute approximate surface area is 157 Å². The largest absolute Gasteiger partial charge is 0.490 e. The van der Waals surface area contributed by atoms with Crippen LogP contribution in [0.25, 0.3) is 0 Å². The second-order valence-electron chi connectivity index (χ2n) is 9.07. The first kappa shape index (κ1) is 21.0. The summed E-state index contributed by atoms with van der Waals surface area (Å²) >= 11 is 0.